The van der Waals surface area contributed by atoms with Gasteiger partial charge in [0.05, 0.1) is 4.92 Å². The number of rotatable bonds is 5. The van der Waals surface area contributed by atoms with E-state index in [4.69, 9.17) is 0 Å². The van der Waals surface area contributed by atoms with Crippen LogP contribution in [0.25, 0.3) is 0 Å². The van der Waals surface area contributed by atoms with E-state index in [2.05, 4.69) is 0 Å². The summed E-state index contributed by atoms with van der Waals surface area (Å²) < 4.78 is 0. The van der Waals surface area contributed by atoms with E-state index in [0.717, 1.165) is 5.57 Å². The summed E-state index contributed by atoms with van der Waals surface area (Å²) in [6.07, 6.45) is 4.01. The fourth-order valence-corrected chi connectivity index (χ4v) is 2.15. The number of nitrogens with zero attached hydrogens (tertiary/aromatic N) is 2. The largest absolute Gasteiger partial charge is 0.309 e. The van der Waals surface area contributed by atoms with Crippen molar-refractivity contribution in [1.82, 2.24) is 0 Å². The van der Waals surface area contributed by atoms with E-state index >= 15 is 0 Å². The van der Waals surface area contributed by atoms with Gasteiger partial charge in [0.15, 0.2) is 0 Å². The van der Waals surface area contributed by atoms with Gasteiger partial charge in [0.2, 0.25) is 0 Å². The first kappa shape index (κ1) is 14.2. The van der Waals surface area contributed by atoms with Crippen LogP contribution in [0.5, 0.6) is 0 Å². The molecule has 0 heterocycles. The third-order valence-electron chi connectivity index (χ3n) is 3.53. The predicted molar refractivity (Wildman–Crippen MR) is 77.6 cm³/mol. The Morgan fingerprint density at radius 2 is 2.00 bits per heavy atom. The summed E-state index contributed by atoms with van der Waals surface area (Å²) in [4.78, 5) is 24.1. The van der Waals surface area contributed by atoms with Crippen molar-refractivity contribution in [3.63, 3.8) is 0 Å². The van der Waals surface area contributed by atoms with E-state index in [0.29, 0.717) is 18.2 Å². The first-order chi connectivity index (χ1) is 9.52. The van der Waals surface area contributed by atoms with E-state index in [1.54, 1.807) is 23.1 Å². The lowest BCUT2D eigenvalue weighted by atomic mass is 10.1. The van der Waals surface area contributed by atoms with Gasteiger partial charge >= 0.3 is 0 Å². The van der Waals surface area contributed by atoms with Crippen LogP contribution in [0.1, 0.15) is 26.7 Å². The van der Waals surface area contributed by atoms with Gasteiger partial charge < -0.3 is 4.90 Å². The summed E-state index contributed by atoms with van der Waals surface area (Å²) in [7, 11) is 0. The number of nitro benzene ring substituents is 1. The second-order valence-electron chi connectivity index (χ2n) is 5.02. The zero-order valence-electron chi connectivity index (χ0n) is 11.7. The lowest BCUT2D eigenvalue weighted by Gasteiger charge is -2.19. The number of hydrogen-bond acceptors (Lipinski definition) is 3. The number of benzene rings is 1. The van der Waals surface area contributed by atoms with Crippen LogP contribution in [0, 0.1) is 16.0 Å². The summed E-state index contributed by atoms with van der Waals surface area (Å²) in [6, 6.07) is 6.06. The number of anilines is 1. The fraction of sp³-hybridized carbons (Fsp3) is 0.400. The molecular weight excluding hydrogens is 256 g/mol. The molecule has 106 valence electrons. The van der Waals surface area contributed by atoms with E-state index in [1.165, 1.54) is 25.0 Å². The number of carbonyl (C=O) groups excluding carboxylic acids is 1. The molecule has 0 unspecified atom stereocenters. The van der Waals surface area contributed by atoms with Crippen molar-refractivity contribution >= 4 is 17.3 Å². The maximum atomic E-state index is 12.3. The molecule has 0 N–H and O–H groups in total. The molecule has 1 amide bonds. The average molecular weight is 274 g/mol. The minimum atomic E-state index is -0.445. The standard InChI is InChI=1S/C15H18N2O3/c1-3-16(15(18)10-11(2)12-4-5-12)13-6-8-14(9-7-13)17(19)20/h6-10,12H,3-5H2,1-2H3/b11-10+. The van der Waals surface area contributed by atoms with Crippen LogP contribution in [0.3, 0.4) is 0 Å². The molecule has 1 aliphatic carbocycles. The van der Waals surface area contributed by atoms with Crippen LogP contribution < -0.4 is 4.90 Å². The number of allylic oxidation sites excluding steroid dienone is 1. The quantitative estimate of drug-likeness (QED) is 0.470. The Kier molecular flexibility index (Phi) is 4.17. The number of likely N-dealkylation sites (N-methyl/N-ethyl adjacent to an activating group) is 1. The molecule has 1 saturated carbocycles. The van der Waals surface area contributed by atoms with E-state index in [-0.39, 0.29) is 11.6 Å². The molecule has 1 aromatic rings. The van der Waals surface area contributed by atoms with Crippen LogP contribution in [0.4, 0.5) is 11.4 Å². The van der Waals surface area contributed by atoms with Crippen molar-refractivity contribution in [1.29, 1.82) is 0 Å². The van der Waals surface area contributed by atoms with Crippen molar-refractivity contribution in [2.24, 2.45) is 5.92 Å². The van der Waals surface area contributed by atoms with Gasteiger partial charge in [-0.1, -0.05) is 5.57 Å². The van der Waals surface area contributed by atoms with Gasteiger partial charge in [-0.25, -0.2) is 0 Å². The highest BCUT2D eigenvalue weighted by atomic mass is 16.6. The minimum Gasteiger partial charge on any atom is -0.309 e. The third-order valence-corrected chi connectivity index (χ3v) is 3.53. The predicted octanol–water partition coefficient (Wildman–Crippen LogP) is 3.30. The Morgan fingerprint density at radius 1 is 1.40 bits per heavy atom. The summed E-state index contributed by atoms with van der Waals surface area (Å²) in [5.74, 6) is 0.500. The zero-order valence-corrected chi connectivity index (χ0v) is 11.7. The Bertz CT molecular complexity index is 545. The van der Waals surface area contributed by atoms with Gasteiger partial charge in [-0.05, 0) is 44.7 Å². The summed E-state index contributed by atoms with van der Waals surface area (Å²) in [5.41, 5.74) is 1.83. The van der Waals surface area contributed by atoms with Crippen LogP contribution >= 0.6 is 0 Å². The average Bonchev–Trinajstić information content (AvgIpc) is 3.24. The van der Waals surface area contributed by atoms with Crippen molar-refractivity contribution in [2.45, 2.75) is 26.7 Å². The van der Waals surface area contributed by atoms with Gasteiger partial charge in [0.1, 0.15) is 0 Å². The molecule has 2 rings (SSSR count). The molecule has 0 aromatic heterocycles. The lowest BCUT2D eigenvalue weighted by Crippen LogP contribution is -2.29. The van der Waals surface area contributed by atoms with Crippen LogP contribution in [-0.2, 0) is 4.79 Å². The summed E-state index contributed by atoms with van der Waals surface area (Å²) >= 11 is 0. The Hall–Kier alpha value is -2.17. The van der Waals surface area contributed by atoms with E-state index in [1.807, 2.05) is 13.8 Å². The monoisotopic (exact) mass is 274 g/mol. The van der Waals surface area contributed by atoms with Crippen molar-refractivity contribution in [3.8, 4) is 0 Å². The first-order valence-corrected chi connectivity index (χ1v) is 6.77. The molecule has 1 aliphatic rings. The SMILES string of the molecule is CCN(C(=O)/C=C(\C)C1CC1)c1ccc([N+](=O)[O-])cc1. The lowest BCUT2D eigenvalue weighted by molar-refractivity contribution is -0.384. The van der Waals surface area contributed by atoms with Gasteiger partial charge in [0, 0.05) is 30.4 Å². The molecule has 5 heteroatoms. The summed E-state index contributed by atoms with van der Waals surface area (Å²) in [6.45, 7) is 4.41. The minimum absolute atomic E-state index is 0.0296. The van der Waals surface area contributed by atoms with Crippen molar-refractivity contribution < 1.29 is 9.72 Å². The number of hydrogen-bond donors (Lipinski definition) is 0. The van der Waals surface area contributed by atoms with Crippen LogP contribution in [0.15, 0.2) is 35.9 Å². The number of carbonyl (C=O) groups is 1. The molecule has 0 bridgehead atoms. The normalized spacial score (nSPS) is 15.0. The molecule has 0 atom stereocenters. The molecule has 0 spiro atoms. The fourth-order valence-electron chi connectivity index (χ4n) is 2.15. The molecular formula is C15H18N2O3. The van der Waals surface area contributed by atoms with Crippen molar-refractivity contribution in [2.75, 3.05) is 11.4 Å². The van der Waals surface area contributed by atoms with Gasteiger partial charge in [-0.2, -0.15) is 0 Å². The van der Waals surface area contributed by atoms with Crippen LogP contribution in [0.2, 0.25) is 0 Å². The first-order valence-electron chi connectivity index (χ1n) is 6.77. The number of amides is 1. The Balaban J connectivity index is 2.16. The molecule has 0 saturated heterocycles. The second kappa shape index (κ2) is 5.86. The van der Waals surface area contributed by atoms with Gasteiger partial charge in [0.25, 0.3) is 11.6 Å². The smallest absolute Gasteiger partial charge is 0.269 e. The topological polar surface area (TPSA) is 63.5 Å². The highest BCUT2D eigenvalue weighted by Gasteiger charge is 2.24. The highest BCUT2D eigenvalue weighted by molar-refractivity contribution is 6.01. The molecule has 1 aromatic carbocycles. The van der Waals surface area contributed by atoms with Crippen LogP contribution in [-0.4, -0.2) is 17.4 Å². The van der Waals surface area contributed by atoms with E-state index in [9.17, 15) is 14.9 Å². The van der Waals surface area contributed by atoms with Gasteiger partial charge in [-0.15, -0.1) is 0 Å². The summed E-state index contributed by atoms with van der Waals surface area (Å²) in [5, 5.41) is 10.6. The Labute approximate surface area is 118 Å². The maximum absolute atomic E-state index is 12.3. The zero-order chi connectivity index (χ0) is 14.7. The molecule has 20 heavy (non-hydrogen) atoms. The highest BCUT2D eigenvalue weighted by Crippen LogP contribution is 2.36. The number of nitro groups is 1. The molecule has 0 aliphatic heterocycles. The molecule has 5 nitrogen and oxygen atoms in total. The maximum Gasteiger partial charge on any atom is 0.269 e. The second-order valence-corrected chi connectivity index (χ2v) is 5.02. The number of non-ortho nitro benzene ring substituents is 1. The van der Waals surface area contributed by atoms with E-state index < -0.39 is 4.92 Å². The van der Waals surface area contributed by atoms with Gasteiger partial charge in [-0.3, -0.25) is 14.9 Å². The molecule has 1 fully saturated rings. The Morgan fingerprint density at radius 3 is 2.45 bits per heavy atom. The third kappa shape index (κ3) is 3.23. The molecule has 0 radical (unpaired) electrons. The van der Waals surface area contributed by atoms with Crippen molar-refractivity contribution in [3.05, 3.63) is 46.0 Å².